The third kappa shape index (κ3) is 13.7. The van der Waals surface area contributed by atoms with Crippen LogP contribution in [0.25, 0.3) is 245 Å². The van der Waals surface area contributed by atoms with Crippen LogP contribution in [0.3, 0.4) is 0 Å². The van der Waals surface area contributed by atoms with Crippen LogP contribution in [0.5, 0.6) is 0 Å². The summed E-state index contributed by atoms with van der Waals surface area (Å²) in [7, 11) is 0. The van der Waals surface area contributed by atoms with E-state index in [0.717, 1.165) is 94.8 Å². The molecule has 0 aliphatic heterocycles. The maximum atomic E-state index is 5.28. The van der Waals surface area contributed by atoms with E-state index in [-0.39, 0.29) is 0 Å². The van der Waals surface area contributed by atoms with Crippen LogP contribution in [0.4, 0.5) is 0 Å². The van der Waals surface area contributed by atoms with Crippen molar-refractivity contribution in [3.05, 3.63) is 455 Å². The van der Waals surface area contributed by atoms with Crippen molar-refractivity contribution < 1.29 is 0 Å². The number of aromatic nitrogens is 9. The van der Waals surface area contributed by atoms with Crippen molar-refractivity contribution in [2.24, 2.45) is 0 Å². The molecule has 0 N–H and O–H groups in total. The van der Waals surface area contributed by atoms with E-state index in [4.69, 9.17) is 29.9 Å². The highest BCUT2D eigenvalue weighted by molar-refractivity contribution is 7.27. The molecule has 9 aromatic heterocycles. The summed E-state index contributed by atoms with van der Waals surface area (Å²) in [4.78, 5) is 30.7. The Hall–Kier alpha value is -16.7. The van der Waals surface area contributed by atoms with E-state index in [0.29, 0.717) is 23.5 Å². The summed E-state index contributed by atoms with van der Waals surface area (Å²) >= 11 is 5.61. The molecule has 0 fully saturated rings. The minimum Gasteiger partial charge on any atom is -0.294 e. The summed E-state index contributed by atoms with van der Waals surface area (Å²) in [5, 5.41) is 15.0. The summed E-state index contributed by atoms with van der Waals surface area (Å²) in [5.74, 6) is 3.47. The number of nitrogens with zero attached hydrogens (tertiary/aromatic N) is 9. The van der Waals surface area contributed by atoms with E-state index in [1.54, 1.807) is 0 Å². The molecule has 0 spiro atoms. The summed E-state index contributed by atoms with van der Waals surface area (Å²) in [5.41, 5.74) is 24.2. The van der Waals surface area contributed by atoms with Gasteiger partial charge in [0.1, 0.15) is 5.82 Å². The molecule has 0 aliphatic rings. The average molecular weight is 1740 g/mol. The molecule has 18 aromatic carbocycles. The molecule has 0 saturated carbocycles. The zero-order chi connectivity index (χ0) is 87.1. The maximum Gasteiger partial charge on any atom is 0.238 e. The number of hydrogen-bond donors (Lipinski definition) is 0. The van der Waals surface area contributed by atoms with Gasteiger partial charge in [-0.1, -0.05) is 364 Å². The first-order chi connectivity index (χ1) is 65.4. The number of para-hydroxylation sites is 3. The Morgan fingerprint density at radius 2 is 0.447 bits per heavy atom. The fraction of sp³-hybridized carbons (Fsp3) is 0. The summed E-state index contributed by atoms with van der Waals surface area (Å²) in [6.45, 7) is 0. The lowest BCUT2D eigenvalue weighted by atomic mass is 10.0. The molecule has 12 heteroatoms. The van der Waals surface area contributed by atoms with Crippen molar-refractivity contribution in [1.82, 2.24) is 43.6 Å². The molecular formula is C120H75N9S3. The molecule has 27 aromatic rings. The predicted molar refractivity (Wildman–Crippen MR) is 557 cm³/mol. The minimum atomic E-state index is 0.600. The molecule has 0 aliphatic carbocycles. The Labute approximate surface area is 771 Å². The van der Waals surface area contributed by atoms with Gasteiger partial charge in [0.15, 0.2) is 11.6 Å². The van der Waals surface area contributed by atoms with Crippen LogP contribution in [0.1, 0.15) is 0 Å². The quantitative estimate of drug-likeness (QED) is 0.121. The van der Waals surface area contributed by atoms with Gasteiger partial charge < -0.3 is 0 Å². The van der Waals surface area contributed by atoms with Crippen molar-refractivity contribution in [2.45, 2.75) is 0 Å². The lowest BCUT2D eigenvalue weighted by Gasteiger charge is -2.13. The Balaban J connectivity index is 0.000000106. The topological polar surface area (TPSA) is 92.1 Å². The second kappa shape index (κ2) is 32.8. The molecule has 27 rings (SSSR count). The van der Waals surface area contributed by atoms with E-state index in [1.165, 1.54) is 126 Å². The fourth-order valence-corrected chi connectivity index (χ4v) is 22.9. The van der Waals surface area contributed by atoms with Crippen molar-refractivity contribution in [1.29, 1.82) is 0 Å². The van der Waals surface area contributed by atoms with Gasteiger partial charge in [-0.15, -0.1) is 34.0 Å². The Morgan fingerprint density at radius 3 is 0.826 bits per heavy atom. The highest BCUT2D eigenvalue weighted by Crippen LogP contribution is 2.48. The molecule has 0 bridgehead atoms. The van der Waals surface area contributed by atoms with Crippen LogP contribution in [-0.2, 0) is 0 Å². The van der Waals surface area contributed by atoms with E-state index in [2.05, 4.69) is 396 Å². The van der Waals surface area contributed by atoms with Gasteiger partial charge in [0.05, 0.1) is 50.2 Å². The third-order valence-electron chi connectivity index (χ3n) is 25.3. The van der Waals surface area contributed by atoms with Crippen LogP contribution in [0.2, 0.25) is 0 Å². The maximum absolute atomic E-state index is 5.28. The zero-order valence-electron chi connectivity index (χ0n) is 71.1. The van der Waals surface area contributed by atoms with E-state index in [9.17, 15) is 0 Å². The number of pyridine rings is 1. The molecule has 0 unspecified atom stereocenters. The van der Waals surface area contributed by atoms with Crippen molar-refractivity contribution >= 4 is 160 Å². The van der Waals surface area contributed by atoms with Crippen molar-refractivity contribution in [3.8, 4) is 119 Å². The molecule has 0 radical (unpaired) electrons. The van der Waals surface area contributed by atoms with Crippen LogP contribution in [0.15, 0.2) is 455 Å². The van der Waals surface area contributed by atoms with Gasteiger partial charge in [-0.25, -0.2) is 19.9 Å². The number of benzene rings is 18. The highest BCUT2D eigenvalue weighted by Gasteiger charge is 2.25. The first-order valence-electron chi connectivity index (χ1n) is 44.3. The first-order valence-corrected chi connectivity index (χ1v) is 46.7. The van der Waals surface area contributed by atoms with Crippen LogP contribution < -0.4 is 0 Å². The Morgan fingerprint density at radius 1 is 0.159 bits per heavy atom. The Kier molecular flexibility index (Phi) is 19.3. The smallest absolute Gasteiger partial charge is 0.238 e. The van der Waals surface area contributed by atoms with Crippen LogP contribution in [-0.4, -0.2) is 43.6 Å². The van der Waals surface area contributed by atoms with Gasteiger partial charge in [0.25, 0.3) is 0 Å². The monoisotopic (exact) mass is 1740 g/mol. The molecule has 0 amide bonds. The number of fused-ring (bicyclic) bond motifs is 18. The second-order valence-electron chi connectivity index (χ2n) is 33.1. The standard InChI is InChI=1S/C41H26N2S.C40H25N3S.C39H24N4S/c1-3-12-27(13-4-1)30-25-36(28-14-5-2-6-15-28)42-40(26-30)43-37-20-9-7-16-32(37)35-24-29(22-23-38(35)43)31-18-11-19-34-33-17-8-10-21-39(33)44-41(31)34;1-3-12-26(13-4-1)34-25-35(27-14-5-2-6-15-27)42-40(41-34)43-36-20-9-7-16-30(36)33-24-28(22-23-37(33)43)29-18-11-19-32-31-17-8-10-21-38(31)44-39(29)32;1-3-12-25(13-4-1)37-40-38(26-14-5-2-6-15-26)42-39(41-37)43-33-20-9-7-16-29(33)32-24-27(22-23-34(32)43)28-18-11-19-31-30-17-8-10-21-35(30)44-36(28)31/h1-26H;1-25H;1-24H. The molecule has 132 heavy (non-hydrogen) atoms. The van der Waals surface area contributed by atoms with E-state index in [1.807, 2.05) is 107 Å². The zero-order valence-corrected chi connectivity index (χ0v) is 73.5. The number of thiophene rings is 3. The fourth-order valence-electron chi connectivity index (χ4n) is 19.2. The van der Waals surface area contributed by atoms with Crippen LogP contribution >= 0.6 is 34.0 Å². The molecular weight excluding hydrogens is 1660 g/mol. The summed E-state index contributed by atoms with van der Waals surface area (Å²) in [6.07, 6.45) is 0. The molecule has 618 valence electrons. The molecule has 9 heterocycles. The van der Waals surface area contributed by atoms with Gasteiger partial charge >= 0.3 is 0 Å². The van der Waals surface area contributed by atoms with Gasteiger partial charge in [-0.3, -0.25) is 13.7 Å². The third-order valence-corrected chi connectivity index (χ3v) is 29.0. The van der Waals surface area contributed by atoms with E-state index >= 15 is 0 Å². The van der Waals surface area contributed by atoms with Crippen LogP contribution in [0, 0.1) is 0 Å². The molecule has 0 saturated heterocycles. The minimum absolute atomic E-state index is 0.600. The normalized spacial score (nSPS) is 11.6. The second-order valence-corrected chi connectivity index (χ2v) is 36.3. The predicted octanol–water partition coefficient (Wildman–Crippen LogP) is 32.8. The van der Waals surface area contributed by atoms with Gasteiger partial charge in [-0.05, 0) is 136 Å². The largest absolute Gasteiger partial charge is 0.294 e. The first kappa shape index (κ1) is 77.6. The lowest BCUT2D eigenvalue weighted by molar-refractivity contribution is 0.953. The van der Waals surface area contributed by atoms with Crippen molar-refractivity contribution in [2.75, 3.05) is 0 Å². The molecule has 0 atom stereocenters. The SMILES string of the molecule is c1ccc(-c2cc(-c3ccccc3)nc(-n3c4ccccc4c4cc(-c5cccc6c5sc5ccccc56)ccc43)c2)cc1.c1ccc(-c2cc(-c3ccccc3)nc(-n3c4ccccc4c4cc(-c5cccc6c5sc5ccccc56)ccc43)n2)cc1.c1ccc(-c2nc(-c3ccccc3)nc(-n3c4ccccc4c4cc(-c5cccc6c5sc5ccccc56)ccc43)n2)cc1. The van der Waals surface area contributed by atoms with Gasteiger partial charge in [-0.2, -0.15) is 9.97 Å². The van der Waals surface area contributed by atoms with Gasteiger partial charge in [0.2, 0.25) is 11.9 Å². The summed E-state index contributed by atoms with van der Waals surface area (Å²) < 4.78 is 14.6. The number of hydrogen-bond acceptors (Lipinski definition) is 9. The van der Waals surface area contributed by atoms with Gasteiger partial charge in [0, 0.05) is 121 Å². The average Bonchev–Trinajstić information content (AvgIpc) is 1.59. The molecule has 9 nitrogen and oxygen atoms in total. The highest BCUT2D eigenvalue weighted by atomic mass is 32.1. The van der Waals surface area contributed by atoms with Crippen molar-refractivity contribution in [3.63, 3.8) is 0 Å². The Bertz CT molecular complexity index is 8140. The van der Waals surface area contributed by atoms with E-state index < -0.39 is 0 Å². The summed E-state index contributed by atoms with van der Waals surface area (Å²) in [6, 6.07) is 161. The lowest BCUT2D eigenvalue weighted by Crippen LogP contribution is -2.06. The number of rotatable bonds is 12.